The molecule has 0 saturated heterocycles. The van der Waals surface area contributed by atoms with Crippen LogP contribution in [0.1, 0.15) is 52.9 Å². The fourth-order valence-electron chi connectivity index (χ4n) is 4.93. The van der Waals surface area contributed by atoms with Gasteiger partial charge in [0.05, 0.1) is 25.7 Å². The van der Waals surface area contributed by atoms with E-state index in [0.717, 1.165) is 12.8 Å². The van der Waals surface area contributed by atoms with E-state index in [4.69, 9.17) is 20.3 Å². The topological polar surface area (TPSA) is 128 Å². The summed E-state index contributed by atoms with van der Waals surface area (Å²) in [4.78, 5) is 34.7. The number of carboxylic acid groups (broad SMARTS) is 1. The molecule has 2 aliphatic rings. The first-order chi connectivity index (χ1) is 12.5. The first-order valence-electron chi connectivity index (χ1n) is 9.48. The fraction of sp³-hybridized carbons (Fsp3) is 0.842. The van der Waals surface area contributed by atoms with Crippen LogP contribution in [0.5, 0.6) is 0 Å². The van der Waals surface area contributed by atoms with Crippen molar-refractivity contribution < 1.29 is 29.0 Å². The minimum Gasteiger partial charge on any atom is -0.481 e. The van der Waals surface area contributed by atoms with E-state index in [1.54, 1.807) is 0 Å². The van der Waals surface area contributed by atoms with Crippen LogP contribution in [-0.4, -0.2) is 54.9 Å². The number of methoxy groups -OCH3 is 1. The number of carbonyl (C=O) groups excluding carboxylic acids is 2. The molecule has 5 atom stereocenters. The Balaban J connectivity index is 1.92. The molecule has 0 aromatic heterocycles. The van der Waals surface area contributed by atoms with Gasteiger partial charge in [0.15, 0.2) is 0 Å². The number of esters is 1. The lowest BCUT2D eigenvalue weighted by atomic mass is 9.70. The maximum atomic E-state index is 12.0. The number of rotatable bonds is 9. The molecule has 8 nitrogen and oxygen atoms in total. The van der Waals surface area contributed by atoms with Crippen LogP contribution in [-0.2, 0) is 23.9 Å². The number of nitrogens with two attached hydrogens (primary N) is 1. The van der Waals surface area contributed by atoms with E-state index >= 15 is 0 Å². The van der Waals surface area contributed by atoms with Crippen LogP contribution in [0, 0.1) is 16.7 Å². The molecule has 2 rings (SSSR count). The molecule has 2 bridgehead atoms. The zero-order valence-corrected chi connectivity index (χ0v) is 16.6. The summed E-state index contributed by atoms with van der Waals surface area (Å²) in [5, 5.41) is 11.2. The van der Waals surface area contributed by atoms with Gasteiger partial charge >= 0.3 is 11.9 Å². The Morgan fingerprint density at radius 2 is 1.96 bits per heavy atom. The van der Waals surface area contributed by atoms with Gasteiger partial charge in [0.1, 0.15) is 6.04 Å². The first kappa shape index (κ1) is 21.6. The monoisotopic (exact) mass is 384 g/mol. The molecule has 2 saturated carbocycles. The zero-order valence-electron chi connectivity index (χ0n) is 16.6. The van der Waals surface area contributed by atoms with Crippen LogP contribution < -0.4 is 11.1 Å². The number of amides is 1. The number of ether oxygens (including phenoxy) is 2. The van der Waals surface area contributed by atoms with E-state index in [9.17, 15) is 14.4 Å². The molecular formula is C19H32N2O6. The van der Waals surface area contributed by atoms with Crippen LogP contribution >= 0.6 is 0 Å². The van der Waals surface area contributed by atoms with Gasteiger partial charge in [-0.2, -0.15) is 0 Å². The Kier molecular flexibility index (Phi) is 6.52. The molecule has 2 aliphatic carbocycles. The number of nitrogens with one attached hydrogen (secondary N) is 1. The summed E-state index contributed by atoms with van der Waals surface area (Å²) in [6, 6.07) is -2.14. The quantitative estimate of drug-likeness (QED) is 0.507. The molecule has 0 spiro atoms. The summed E-state index contributed by atoms with van der Waals surface area (Å²) in [6.07, 6.45) is 3.37. The molecule has 0 radical (unpaired) electrons. The van der Waals surface area contributed by atoms with Crippen molar-refractivity contribution in [2.75, 3.05) is 13.7 Å². The van der Waals surface area contributed by atoms with Crippen LogP contribution in [0.4, 0.5) is 0 Å². The third kappa shape index (κ3) is 4.60. The number of fused-ring (bicyclic) bond motifs is 2. The van der Waals surface area contributed by atoms with Gasteiger partial charge in [0.25, 0.3) is 0 Å². The smallest absolute Gasteiger partial charge is 0.328 e. The third-order valence-corrected chi connectivity index (χ3v) is 6.36. The van der Waals surface area contributed by atoms with Crippen LogP contribution in [0.25, 0.3) is 0 Å². The second kappa shape index (κ2) is 8.14. The predicted octanol–water partition coefficient (Wildman–Crippen LogP) is 1.07. The van der Waals surface area contributed by atoms with Gasteiger partial charge in [-0.25, -0.2) is 4.79 Å². The van der Waals surface area contributed by atoms with Crippen molar-refractivity contribution in [1.29, 1.82) is 0 Å². The van der Waals surface area contributed by atoms with Crippen molar-refractivity contribution in [1.82, 2.24) is 5.32 Å². The second-order valence-electron chi connectivity index (χ2n) is 8.74. The molecule has 2 fully saturated rings. The molecule has 27 heavy (non-hydrogen) atoms. The van der Waals surface area contributed by atoms with Gasteiger partial charge in [-0.15, -0.1) is 0 Å². The van der Waals surface area contributed by atoms with Gasteiger partial charge in [-0.3, -0.25) is 9.59 Å². The van der Waals surface area contributed by atoms with Crippen molar-refractivity contribution >= 4 is 17.8 Å². The minimum absolute atomic E-state index is 0.0842. The number of carboxylic acids is 1. The van der Waals surface area contributed by atoms with Crippen molar-refractivity contribution in [2.45, 2.75) is 71.1 Å². The summed E-state index contributed by atoms with van der Waals surface area (Å²) in [5.41, 5.74) is 5.79. The van der Waals surface area contributed by atoms with E-state index in [1.165, 1.54) is 13.5 Å². The standard InChI is InChI=1S/C19H32N2O6/c1-18(2)11-5-7-19(3,10-11)17(18)27-8-6-13(16(25)26-4)21-15(24)12(20)9-14(22)23/h11-13,17H,5-10,20H2,1-4H3,(H,21,24)(H,22,23)/t11?,12-,13?,17?,19?/m0/s1. The summed E-state index contributed by atoms with van der Waals surface area (Å²) in [6.45, 7) is 7.02. The number of hydrogen-bond donors (Lipinski definition) is 3. The molecule has 0 aliphatic heterocycles. The van der Waals surface area contributed by atoms with Crippen molar-refractivity contribution in [3.05, 3.63) is 0 Å². The van der Waals surface area contributed by atoms with E-state index in [2.05, 4.69) is 26.1 Å². The highest BCUT2D eigenvalue weighted by atomic mass is 16.5. The zero-order chi connectivity index (χ0) is 20.4. The van der Waals surface area contributed by atoms with E-state index in [1.807, 2.05) is 0 Å². The van der Waals surface area contributed by atoms with Gasteiger partial charge in [0, 0.05) is 13.0 Å². The largest absolute Gasteiger partial charge is 0.481 e. The van der Waals surface area contributed by atoms with Gasteiger partial charge in [-0.05, 0) is 36.0 Å². The van der Waals surface area contributed by atoms with E-state index in [-0.39, 0.29) is 23.4 Å². The maximum absolute atomic E-state index is 12.0. The van der Waals surface area contributed by atoms with E-state index < -0.39 is 36.4 Å². The number of carbonyl (C=O) groups is 3. The van der Waals surface area contributed by atoms with Crippen molar-refractivity contribution in [3.63, 3.8) is 0 Å². The Labute approximate surface area is 160 Å². The molecule has 154 valence electrons. The Morgan fingerprint density at radius 3 is 2.48 bits per heavy atom. The Morgan fingerprint density at radius 1 is 1.30 bits per heavy atom. The average molecular weight is 384 g/mol. The van der Waals surface area contributed by atoms with Crippen molar-refractivity contribution in [3.8, 4) is 0 Å². The predicted molar refractivity (Wildman–Crippen MR) is 97.8 cm³/mol. The Hall–Kier alpha value is -1.67. The fourth-order valence-corrected chi connectivity index (χ4v) is 4.93. The second-order valence-corrected chi connectivity index (χ2v) is 8.74. The molecule has 0 aromatic rings. The Bertz CT molecular complexity index is 588. The highest BCUT2D eigenvalue weighted by molar-refractivity contribution is 5.89. The van der Waals surface area contributed by atoms with Gasteiger partial charge in [0.2, 0.25) is 5.91 Å². The highest BCUT2D eigenvalue weighted by Crippen LogP contribution is 2.63. The maximum Gasteiger partial charge on any atom is 0.328 e. The summed E-state index contributed by atoms with van der Waals surface area (Å²) in [5.74, 6) is -1.83. The lowest BCUT2D eigenvalue weighted by Gasteiger charge is -2.42. The lowest BCUT2D eigenvalue weighted by molar-refractivity contribution is -0.147. The summed E-state index contributed by atoms with van der Waals surface area (Å²) >= 11 is 0. The van der Waals surface area contributed by atoms with Gasteiger partial charge < -0.3 is 25.6 Å². The molecule has 1 amide bonds. The molecule has 4 unspecified atom stereocenters. The highest BCUT2D eigenvalue weighted by Gasteiger charge is 2.60. The van der Waals surface area contributed by atoms with Crippen LogP contribution in [0.3, 0.4) is 0 Å². The minimum atomic E-state index is -1.22. The molecule has 4 N–H and O–H groups in total. The number of hydrogen-bond acceptors (Lipinski definition) is 6. The summed E-state index contributed by atoms with van der Waals surface area (Å²) in [7, 11) is 1.24. The van der Waals surface area contributed by atoms with Gasteiger partial charge in [-0.1, -0.05) is 20.8 Å². The van der Waals surface area contributed by atoms with Crippen LogP contribution in [0.2, 0.25) is 0 Å². The molecular weight excluding hydrogens is 352 g/mol. The SMILES string of the molecule is COC(=O)C(CCOC1C2(C)CCC(C2)C1(C)C)NC(=O)[C@@H](N)CC(=O)O. The van der Waals surface area contributed by atoms with Crippen molar-refractivity contribution in [2.24, 2.45) is 22.5 Å². The molecule has 8 heteroatoms. The normalized spacial score (nSPS) is 30.6. The molecule has 0 aromatic carbocycles. The third-order valence-electron chi connectivity index (χ3n) is 6.36. The number of aliphatic carboxylic acids is 1. The average Bonchev–Trinajstić information content (AvgIpc) is 3.06. The summed E-state index contributed by atoms with van der Waals surface area (Å²) < 4.78 is 10.9. The van der Waals surface area contributed by atoms with E-state index in [0.29, 0.717) is 12.5 Å². The molecule has 0 heterocycles. The first-order valence-corrected chi connectivity index (χ1v) is 9.48. The lowest BCUT2D eigenvalue weighted by Crippen LogP contribution is -2.50. The van der Waals surface area contributed by atoms with Crippen LogP contribution in [0.15, 0.2) is 0 Å².